The van der Waals surface area contributed by atoms with Crippen LogP contribution in [0.25, 0.3) is 0 Å². The van der Waals surface area contributed by atoms with E-state index in [-0.39, 0.29) is 31.1 Å². The Morgan fingerprint density at radius 2 is 0.500 bits per heavy atom. The molecule has 462 valence electrons. The molecule has 1 atom stereocenters. The van der Waals surface area contributed by atoms with Crippen molar-refractivity contribution in [2.45, 2.75) is 290 Å². The minimum Gasteiger partial charge on any atom is -0.462 e. The van der Waals surface area contributed by atoms with E-state index >= 15 is 0 Å². The van der Waals surface area contributed by atoms with Gasteiger partial charge in [0.05, 0.1) is 0 Å². The lowest BCUT2D eigenvalue weighted by molar-refractivity contribution is -0.167. The van der Waals surface area contributed by atoms with Crippen molar-refractivity contribution in [1.29, 1.82) is 0 Å². The number of unbranched alkanes of at least 4 members (excludes halogenated alkanes) is 22. The minimum atomic E-state index is -0.803. The van der Waals surface area contributed by atoms with Gasteiger partial charge in [-0.2, -0.15) is 0 Å². The summed E-state index contributed by atoms with van der Waals surface area (Å²) in [5, 5.41) is 0. The monoisotopic (exact) mass is 1130 g/mol. The summed E-state index contributed by atoms with van der Waals surface area (Å²) in [6.45, 7) is 6.41. The highest BCUT2D eigenvalue weighted by Gasteiger charge is 2.19. The third-order valence-electron chi connectivity index (χ3n) is 13.7. The maximum atomic E-state index is 12.9. The summed E-state index contributed by atoms with van der Waals surface area (Å²) in [6, 6.07) is 0. The lowest BCUT2D eigenvalue weighted by Gasteiger charge is -2.18. The molecule has 0 amide bonds. The van der Waals surface area contributed by atoms with Gasteiger partial charge in [-0.15, -0.1) is 0 Å². The molecule has 0 rings (SSSR count). The summed E-state index contributed by atoms with van der Waals surface area (Å²) < 4.78 is 16.9. The van der Waals surface area contributed by atoms with Gasteiger partial charge >= 0.3 is 17.9 Å². The van der Waals surface area contributed by atoms with Gasteiger partial charge in [0.15, 0.2) is 6.10 Å². The van der Waals surface area contributed by atoms with Crippen LogP contribution in [0.5, 0.6) is 0 Å². The van der Waals surface area contributed by atoms with E-state index in [4.69, 9.17) is 14.2 Å². The maximum absolute atomic E-state index is 12.9. The largest absolute Gasteiger partial charge is 0.462 e. The molecule has 0 aliphatic carbocycles. The van der Waals surface area contributed by atoms with E-state index in [1.54, 1.807) is 0 Å². The van der Waals surface area contributed by atoms with Crippen LogP contribution in [-0.4, -0.2) is 37.2 Å². The zero-order valence-corrected chi connectivity index (χ0v) is 52.9. The number of allylic oxidation sites excluding steroid dienone is 26. The SMILES string of the molecule is CC/C=C\C/C=C\C/C=C\C/C=C\C/C=C\C/C=C\C/C=C\C/C=C\C/C=C\CCCCCCCCCC(=O)OCC(COC(=O)CCCCCCC/C=C\C/C=C\CCC)OC(=O)CCCCCCC/C=C\C/C=C\CCCCCC. The first-order valence-corrected chi connectivity index (χ1v) is 33.5. The Morgan fingerprint density at radius 3 is 0.793 bits per heavy atom. The Morgan fingerprint density at radius 1 is 0.256 bits per heavy atom. The number of carbonyl (C=O) groups excluding carboxylic acids is 3. The number of ether oxygens (including phenoxy) is 3. The topological polar surface area (TPSA) is 78.9 Å². The predicted octanol–water partition coefficient (Wildman–Crippen LogP) is 23.3. The van der Waals surface area contributed by atoms with Crippen LogP contribution in [0, 0.1) is 0 Å². The smallest absolute Gasteiger partial charge is 0.306 e. The normalized spacial score (nSPS) is 13.2. The van der Waals surface area contributed by atoms with Crippen LogP contribution in [0.2, 0.25) is 0 Å². The molecule has 1 unspecified atom stereocenters. The van der Waals surface area contributed by atoms with E-state index in [1.807, 2.05) is 0 Å². The molecular formula is C76H122O6. The second-order valence-corrected chi connectivity index (χ2v) is 21.6. The molecule has 0 aromatic rings. The number of rotatable bonds is 59. The van der Waals surface area contributed by atoms with Gasteiger partial charge in [0.2, 0.25) is 0 Å². The molecule has 0 aliphatic rings. The maximum Gasteiger partial charge on any atom is 0.306 e. The molecule has 0 fully saturated rings. The zero-order valence-electron chi connectivity index (χ0n) is 52.9. The molecule has 6 nitrogen and oxygen atoms in total. The second-order valence-electron chi connectivity index (χ2n) is 21.6. The average Bonchev–Trinajstić information content (AvgIpc) is 3.47. The quantitative estimate of drug-likeness (QED) is 0.0261. The van der Waals surface area contributed by atoms with Crippen LogP contribution in [0.3, 0.4) is 0 Å². The van der Waals surface area contributed by atoms with E-state index in [0.717, 1.165) is 180 Å². The number of carbonyl (C=O) groups is 3. The van der Waals surface area contributed by atoms with Crippen molar-refractivity contribution in [3.05, 3.63) is 158 Å². The van der Waals surface area contributed by atoms with Crippen molar-refractivity contribution < 1.29 is 28.6 Å². The summed E-state index contributed by atoms with van der Waals surface area (Å²) in [7, 11) is 0. The molecule has 0 spiro atoms. The van der Waals surface area contributed by atoms with Crippen LogP contribution < -0.4 is 0 Å². The predicted molar refractivity (Wildman–Crippen MR) is 357 cm³/mol. The van der Waals surface area contributed by atoms with Gasteiger partial charge in [0.1, 0.15) is 13.2 Å². The van der Waals surface area contributed by atoms with E-state index in [9.17, 15) is 14.4 Å². The minimum absolute atomic E-state index is 0.0992. The van der Waals surface area contributed by atoms with Crippen LogP contribution >= 0.6 is 0 Å². The molecule has 0 saturated heterocycles. The van der Waals surface area contributed by atoms with Gasteiger partial charge in [0.25, 0.3) is 0 Å². The fraction of sp³-hybridized carbons (Fsp3) is 0.618. The fourth-order valence-electron chi connectivity index (χ4n) is 8.74. The second kappa shape index (κ2) is 68.5. The Labute approximate surface area is 505 Å². The molecule has 0 bridgehead atoms. The van der Waals surface area contributed by atoms with E-state index in [0.29, 0.717) is 19.3 Å². The molecule has 0 aliphatic heterocycles. The Hall–Kier alpha value is -4.97. The molecule has 0 radical (unpaired) electrons. The van der Waals surface area contributed by atoms with Crippen LogP contribution in [0.1, 0.15) is 284 Å². The first kappa shape index (κ1) is 77.0. The first-order valence-electron chi connectivity index (χ1n) is 33.5. The zero-order chi connectivity index (χ0) is 59.2. The molecule has 0 N–H and O–H groups in total. The van der Waals surface area contributed by atoms with Gasteiger partial charge in [-0.3, -0.25) is 14.4 Å². The summed E-state index contributed by atoms with van der Waals surface area (Å²) in [6.07, 6.45) is 99.7. The standard InChI is InChI=1S/C76H122O6/c1-4-7-10-13-16-19-22-25-27-29-30-31-32-33-34-35-36-37-38-39-40-41-42-43-44-45-46-47-49-51-54-57-60-63-66-69-75(78)81-72-73(71-80-74(77)68-65-62-59-56-53-50-24-21-18-15-12-9-6-3)82-76(79)70-67-64-61-58-55-52-48-28-26-23-20-17-14-11-8-5-2/h7,10,12,15-16,19-21,23-25,27-28,30-31,33-34,36-37,39-40,42-43,45-46,48,73H,4-6,8-9,11,13-14,17-18,22,26,29,32,35,38,41,44,47,49-72H2,1-3H3/b10-7-,15-12-,19-16-,23-20-,24-21-,27-25-,31-30-,34-33-,37-36-,40-39-,43-42-,46-45-,48-28-. The summed E-state index contributed by atoms with van der Waals surface area (Å²) in [5.41, 5.74) is 0. The van der Waals surface area contributed by atoms with Gasteiger partial charge < -0.3 is 14.2 Å². The van der Waals surface area contributed by atoms with Gasteiger partial charge in [0, 0.05) is 19.3 Å². The van der Waals surface area contributed by atoms with Gasteiger partial charge in [-0.1, -0.05) is 275 Å². The van der Waals surface area contributed by atoms with Crippen LogP contribution in [0.15, 0.2) is 158 Å². The highest BCUT2D eigenvalue weighted by molar-refractivity contribution is 5.71. The van der Waals surface area contributed by atoms with Gasteiger partial charge in [-0.25, -0.2) is 0 Å². The molecule has 0 aromatic carbocycles. The molecule has 0 aromatic heterocycles. The molecule has 0 saturated carbocycles. The summed E-state index contributed by atoms with van der Waals surface area (Å²) in [4.78, 5) is 38.3. The highest BCUT2D eigenvalue weighted by Crippen LogP contribution is 2.14. The summed E-state index contributed by atoms with van der Waals surface area (Å²) >= 11 is 0. The summed E-state index contributed by atoms with van der Waals surface area (Å²) in [5.74, 6) is -0.938. The Kier molecular flexibility index (Phi) is 64.4. The van der Waals surface area contributed by atoms with E-state index < -0.39 is 6.10 Å². The number of hydrogen-bond donors (Lipinski definition) is 0. The lowest BCUT2D eigenvalue weighted by Crippen LogP contribution is -2.30. The van der Waals surface area contributed by atoms with Crippen molar-refractivity contribution in [2.75, 3.05) is 13.2 Å². The van der Waals surface area contributed by atoms with E-state index in [2.05, 4.69) is 179 Å². The average molecular weight is 1130 g/mol. The van der Waals surface area contributed by atoms with Crippen molar-refractivity contribution in [2.24, 2.45) is 0 Å². The first-order chi connectivity index (χ1) is 40.5. The van der Waals surface area contributed by atoms with Gasteiger partial charge in [-0.05, 0) is 148 Å². The highest BCUT2D eigenvalue weighted by atomic mass is 16.6. The van der Waals surface area contributed by atoms with Crippen molar-refractivity contribution in [3.63, 3.8) is 0 Å². The number of hydrogen-bond acceptors (Lipinski definition) is 6. The third-order valence-corrected chi connectivity index (χ3v) is 13.7. The molecular weight excluding hydrogens is 1010 g/mol. The molecule has 6 heteroatoms. The van der Waals surface area contributed by atoms with Crippen molar-refractivity contribution >= 4 is 17.9 Å². The van der Waals surface area contributed by atoms with Crippen molar-refractivity contribution in [1.82, 2.24) is 0 Å². The number of esters is 3. The van der Waals surface area contributed by atoms with Crippen molar-refractivity contribution in [3.8, 4) is 0 Å². The molecule has 0 heterocycles. The Balaban J connectivity index is 4.31. The van der Waals surface area contributed by atoms with E-state index in [1.165, 1.54) is 64.2 Å². The van der Waals surface area contributed by atoms with Crippen LogP contribution in [0.4, 0.5) is 0 Å². The fourth-order valence-corrected chi connectivity index (χ4v) is 8.74. The Bertz CT molecular complexity index is 1830. The third kappa shape index (κ3) is 65.8. The molecule has 82 heavy (non-hydrogen) atoms. The lowest BCUT2D eigenvalue weighted by atomic mass is 10.1. The van der Waals surface area contributed by atoms with Crippen LogP contribution in [-0.2, 0) is 28.6 Å².